The molecule has 2 heterocycles. The van der Waals surface area contributed by atoms with Crippen LogP contribution in [0.4, 0.5) is 0 Å². The molecule has 6 nitrogen and oxygen atoms in total. The maximum absolute atomic E-state index is 11.3. The van der Waals surface area contributed by atoms with Gasteiger partial charge in [0.1, 0.15) is 5.15 Å². The summed E-state index contributed by atoms with van der Waals surface area (Å²) < 4.78 is 0.955. The predicted molar refractivity (Wildman–Crippen MR) is 50.4 cm³/mol. The monoisotopic (exact) mass is 249 g/mol. The molecular formula is C8H5ClN3NaO3. The number of aromatic amines is 1. The van der Waals surface area contributed by atoms with E-state index in [-0.39, 0.29) is 40.4 Å². The van der Waals surface area contributed by atoms with E-state index in [0.717, 1.165) is 4.57 Å². The first-order valence-electron chi connectivity index (χ1n) is 4.03. The Labute approximate surface area is 117 Å². The Bertz CT molecular complexity index is 592. The van der Waals surface area contributed by atoms with Crippen LogP contribution in [0.25, 0.3) is 11.2 Å². The normalized spacial score (nSPS) is 10.1. The van der Waals surface area contributed by atoms with Gasteiger partial charge in [-0.15, -0.1) is 0 Å². The Hall–Kier alpha value is -0.820. The van der Waals surface area contributed by atoms with Gasteiger partial charge in [0.25, 0.3) is 0 Å². The third-order valence-corrected chi connectivity index (χ3v) is 2.08. The molecule has 0 aliphatic carbocycles. The van der Waals surface area contributed by atoms with Crippen LogP contribution in [0.3, 0.4) is 0 Å². The van der Waals surface area contributed by atoms with Crippen molar-refractivity contribution in [2.75, 3.05) is 0 Å². The van der Waals surface area contributed by atoms with Crippen LogP contribution in [0.15, 0.2) is 16.9 Å². The molecule has 0 saturated carbocycles. The number of nitrogens with zero attached hydrogens (tertiary/aromatic N) is 2. The minimum atomic E-state index is -1.36. The number of halogens is 1. The van der Waals surface area contributed by atoms with Crippen molar-refractivity contribution in [3.63, 3.8) is 0 Å². The van der Waals surface area contributed by atoms with Crippen LogP contribution in [-0.4, -0.2) is 20.5 Å². The largest absolute Gasteiger partial charge is 1.00 e. The van der Waals surface area contributed by atoms with E-state index < -0.39 is 18.2 Å². The van der Waals surface area contributed by atoms with Crippen molar-refractivity contribution >= 4 is 28.7 Å². The van der Waals surface area contributed by atoms with Crippen molar-refractivity contribution in [1.29, 1.82) is 0 Å². The molecule has 2 aromatic rings. The van der Waals surface area contributed by atoms with Crippen LogP contribution < -0.4 is 40.4 Å². The average molecular weight is 250 g/mol. The third kappa shape index (κ3) is 2.46. The zero-order valence-electron chi connectivity index (χ0n) is 8.36. The van der Waals surface area contributed by atoms with Gasteiger partial charge >= 0.3 is 35.2 Å². The van der Waals surface area contributed by atoms with Crippen molar-refractivity contribution in [1.82, 2.24) is 14.5 Å². The Morgan fingerprint density at radius 2 is 2.25 bits per heavy atom. The number of fused-ring (bicyclic) bond motifs is 1. The van der Waals surface area contributed by atoms with Crippen molar-refractivity contribution in [2.45, 2.75) is 6.54 Å². The fourth-order valence-corrected chi connectivity index (χ4v) is 1.43. The molecule has 0 radical (unpaired) electrons. The van der Waals surface area contributed by atoms with Crippen LogP contribution in [0, 0.1) is 0 Å². The molecule has 2 aromatic heterocycles. The molecule has 0 fully saturated rings. The maximum Gasteiger partial charge on any atom is 1.00 e. The first-order chi connectivity index (χ1) is 7.08. The maximum atomic E-state index is 11.3. The molecule has 0 amide bonds. The summed E-state index contributed by atoms with van der Waals surface area (Å²) in [7, 11) is 0. The number of hydrogen-bond acceptors (Lipinski definition) is 4. The summed E-state index contributed by atoms with van der Waals surface area (Å²) in [5.74, 6) is -1.36. The van der Waals surface area contributed by atoms with E-state index in [1.165, 1.54) is 6.07 Å². The number of rotatable bonds is 2. The smallest absolute Gasteiger partial charge is 0.548 e. The van der Waals surface area contributed by atoms with E-state index in [9.17, 15) is 14.7 Å². The molecule has 16 heavy (non-hydrogen) atoms. The molecule has 0 aliphatic rings. The molecule has 0 unspecified atom stereocenters. The summed E-state index contributed by atoms with van der Waals surface area (Å²) in [4.78, 5) is 28.0. The van der Waals surface area contributed by atoms with Crippen LogP contribution in [-0.2, 0) is 11.3 Å². The van der Waals surface area contributed by atoms with Gasteiger partial charge in [0, 0.05) is 0 Å². The second kappa shape index (κ2) is 5.01. The number of carbonyl (C=O) groups is 1. The van der Waals surface area contributed by atoms with Gasteiger partial charge in [-0.25, -0.2) is 9.78 Å². The van der Waals surface area contributed by atoms with Crippen LogP contribution in [0.5, 0.6) is 0 Å². The number of hydrogen-bond donors (Lipinski definition) is 1. The summed E-state index contributed by atoms with van der Waals surface area (Å²) in [6, 6.07) is 3.06. The summed E-state index contributed by atoms with van der Waals surface area (Å²) in [5, 5.41) is 10.6. The van der Waals surface area contributed by atoms with Crippen molar-refractivity contribution < 1.29 is 39.5 Å². The fourth-order valence-electron chi connectivity index (χ4n) is 1.28. The number of H-pyrrole nitrogens is 1. The number of imidazole rings is 1. The summed E-state index contributed by atoms with van der Waals surface area (Å²) in [6.45, 7) is -0.549. The Kier molecular flexibility index (Phi) is 4.15. The molecule has 0 aromatic carbocycles. The number of carbonyl (C=O) groups excluding carboxylic acids is 1. The summed E-state index contributed by atoms with van der Waals surface area (Å²) >= 11 is 5.63. The van der Waals surface area contributed by atoms with Crippen LogP contribution in [0.1, 0.15) is 0 Å². The van der Waals surface area contributed by atoms with Gasteiger partial charge in [0.05, 0.1) is 18.0 Å². The number of pyridine rings is 1. The molecule has 0 saturated heterocycles. The quantitative estimate of drug-likeness (QED) is 0.436. The second-order valence-corrected chi connectivity index (χ2v) is 3.28. The van der Waals surface area contributed by atoms with E-state index >= 15 is 0 Å². The van der Waals surface area contributed by atoms with E-state index in [4.69, 9.17) is 11.6 Å². The first-order valence-corrected chi connectivity index (χ1v) is 4.40. The standard InChI is InChI=1S/C8H6ClN3O3.Na/c9-5-2-1-4-7(11-5)12(3-6(13)14)8(15)10-4;/h1-2H,3H2,(H,10,15)(H,13,14);/q;+1/p-1. The van der Waals surface area contributed by atoms with Gasteiger partial charge < -0.3 is 14.9 Å². The van der Waals surface area contributed by atoms with E-state index in [1.807, 2.05) is 0 Å². The number of carboxylic acid groups (broad SMARTS) is 1. The van der Waals surface area contributed by atoms with Gasteiger partial charge in [-0.05, 0) is 12.1 Å². The molecule has 0 aliphatic heterocycles. The molecule has 8 heteroatoms. The third-order valence-electron chi connectivity index (χ3n) is 1.87. The topological polar surface area (TPSA) is 90.8 Å². The molecule has 0 bridgehead atoms. The minimum absolute atomic E-state index is 0. The van der Waals surface area contributed by atoms with Crippen molar-refractivity contribution in [3.8, 4) is 0 Å². The number of nitrogens with one attached hydrogen (secondary N) is 1. The first kappa shape index (κ1) is 13.2. The van der Waals surface area contributed by atoms with Crippen molar-refractivity contribution in [3.05, 3.63) is 27.8 Å². The Morgan fingerprint density at radius 1 is 1.56 bits per heavy atom. The Balaban J connectivity index is 0.00000128. The van der Waals surface area contributed by atoms with Crippen LogP contribution >= 0.6 is 11.6 Å². The van der Waals surface area contributed by atoms with Gasteiger partial charge in [-0.1, -0.05) is 11.6 Å². The fraction of sp³-hybridized carbons (Fsp3) is 0.125. The molecular weight excluding hydrogens is 245 g/mol. The van der Waals surface area contributed by atoms with Gasteiger partial charge in [0.15, 0.2) is 5.65 Å². The minimum Gasteiger partial charge on any atom is -0.548 e. The van der Waals surface area contributed by atoms with E-state index in [2.05, 4.69) is 9.97 Å². The SMILES string of the molecule is O=C([O-])Cn1c(=O)[nH]c2ccc(Cl)nc21.[Na+]. The molecule has 78 valence electrons. The van der Waals surface area contributed by atoms with Gasteiger partial charge in [-0.2, -0.15) is 0 Å². The molecule has 0 spiro atoms. The average Bonchev–Trinajstić information content (AvgIpc) is 2.43. The summed E-state index contributed by atoms with van der Waals surface area (Å²) in [6.07, 6.45) is 0. The molecule has 0 atom stereocenters. The Morgan fingerprint density at radius 3 is 2.88 bits per heavy atom. The van der Waals surface area contributed by atoms with E-state index in [1.54, 1.807) is 6.07 Å². The van der Waals surface area contributed by atoms with E-state index in [0.29, 0.717) is 5.52 Å². The van der Waals surface area contributed by atoms with Crippen molar-refractivity contribution in [2.24, 2.45) is 0 Å². The van der Waals surface area contributed by atoms with Gasteiger partial charge in [-0.3, -0.25) is 4.57 Å². The van der Waals surface area contributed by atoms with Gasteiger partial charge in [0.2, 0.25) is 0 Å². The number of carboxylic acids is 1. The van der Waals surface area contributed by atoms with Crippen LogP contribution in [0.2, 0.25) is 5.15 Å². The second-order valence-electron chi connectivity index (χ2n) is 2.89. The molecule has 1 N–H and O–H groups in total. The zero-order valence-corrected chi connectivity index (χ0v) is 11.1. The zero-order chi connectivity index (χ0) is 11.0. The number of aromatic nitrogens is 3. The summed E-state index contributed by atoms with van der Waals surface area (Å²) in [5.41, 5.74) is 0.0892. The predicted octanol–water partition coefficient (Wildman–Crippen LogP) is -3.87. The molecule has 2 rings (SSSR count). The number of aliphatic carboxylic acids is 1.